The lowest BCUT2D eigenvalue weighted by molar-refractivity contribution is -0.276. The number of piperazine rings is 1. The Kier molecular flexibility index (Phi) is 11.6. The quantitative estimate of drug-likeness (QED) is 0.128. The maximum absolute atomic E-state index is 12.8. The molecule has 0 aliphatic carbocycles. The van der Waals surface area contributed by atoms with E-state index in [0.29, 0.717) is 17.1 Å². The standard InChI is InChI=1S/C43H46N4O5/c1-31-40(29-47-26-24-46(25-27-47)28-32-8-4-2-5-9-32)51-42(52-41(31)34-14-12-33(30-48)13-15-34)35-16-18-36(19-17-35)44-43(49)45-37-20-22-39(23-21-37)50-38-10-6-3-7-11-38/h2-23,31,40-42,48H,24-30H2,1H3,(H2,44,45,49). The molecule has 9 heteroatoms. The Balaban J connectivity index is 0.979. The van der Waals surface area contributed by atoms with Gasteiger partial charge in [0.25, 0.3) is 0 Å². The van der Waals surface area contributed by atoms with Crippen LogP contribution in [-0.2, 0) is 22.6 Å². The smallest absolute Gasteiger partial charge is 0.323 e. The van der Waals surface area contributed by atoms with E-state index in [1.165, 1.54) is 5.56 Å². The normalized spacial score (nSPS) is 21.0. The van der Waals surface area contributed by atoms with Crippen LogP contribution < -0.4 is 15.4 Å². The third-order valence-electron chi connectivity index (χ3n) is 9.81. The molecule has 0 aromatic heterocycles. The number of amides is 2. The van der Waals surface area contributed by atoms with Crippen molar-refractivity contribution < 1.29 is 24.1 Å². The van der Waals surface area contributed by atoms with Crippen LogP contribution in [0, 0.1) is 5.92 Å². The lowest BCUT2D eigenvalue weighted by atomic mass is 9.90. The molecule has 268 valence electrons. The second-order valence-corrected chi connectivity index (χ2v) is 13.5. The summed E-state index contributed by atoms with van der Waals surface area (Å²) < 4.78 is 19.2. The van der Waals surface area contributed by atoms with Gasteiger partial charge in [-0.3, -0.25) is 9.80 Å². The van der Waals surface area contributed by atoms with Gasteiger partial charge in [0, 0.05) is 62.1 Å². The van der Waals surface area contributed by atoms with Gasteiger partial charge >= 0.3 is 6.03 Å². The Morgan fingerprint density at radius 2 is 1.23 bits per heavy atom. The molecule has 5 aromatic rings. The highest BCUT2D eigenvalue weighted by Crippen LogP contribution is 2.42. The SMILES string of the molecule is CC1C(CN2CCN(Cc3ccccc3)CC2)OC(c2ccc(NC(=O)Nc3ccc(Oc4ccccc4)cc3)cc2)OC1c1ccc(CO)cc1. The van der Waals surface area contributed by atoms with Crippen LogP contribution in [0.4, 0.5) is 16.2 Å². The predicted molar refractivity (Wildman–Crippen MR) is 203 cm³/mol. The molecule has 4 atom stereocenters. The van der Waals surface area contributed by atoms with Crippen LogP contribution in [0.1, 0.15) is 41.6 Å². The summed E-state index contributed by atoms with van der Waals surface area (Å²) in [6.07, 6.45) is -0.832. The number of nitrogens with one attached hydrogen (secondary N) is 2. The van der Waals surface area contributed by atoms with Crippen molar-refractivity contribution in [1.82, 2.24) is 9.80 Å². The van der Waals surface area contributed by atoms with Gasteiger partial charge < -0.3 is 30.0 Å². The molecular formula is C43H46N4O5. The Bertz CT molecular complexity index is 1850. The van der Waals surface area contributed by atoms with E-state index in [2.05, 4.69) is 57.7 Å². The number of anilines is 2. The predicted octanol–water partition coefficient (Wildman–Crippen LogP) is 8.22. The van der Waals surface area contributed by atoms with E-state index in [-0.39, 0.29) is 30.8 Å². The number of hydrogen-bond donors (Lipinski definition) is 3. The summed E-state index contributed by atoms with van der Waals surface area (Å²) in [6, 6.07) is 42.7. The summed E-state index contributed by atoms with van der Waals surface area (Å²) >= 11 is 0. The number of rotatable bonds is 11. The van der Waals surface area contributed by atoms with Gasteiger partial charge in [-0.2, -0.15) is 0 Å². The van der Waals surface area contributed by atoms with Crippen molar-refractivity contribution in [2.24, 2.45) is 5.92 Å². The fraction of sp³-hybridized carbons (Fsp3) is 0.279. The van der Waals surface area contributed by atoms with Crippen LogP contribution in [0.3, 0.4) is 0 Å². The molecule has 4 unspecified atom stereocenters. The molecule has 2 fully saturated rings. The fourth-order valence-electron chi connectivity index (χ4n) is 6.80. The summed E-state index contributed by atoms with van der Waals surface area (Å²) in [4.78, 5) is 17.9. The first-order valence-corrected chi connectivity index (χ1v) is 18.0. The monoisotopic (exact) mass is 698 g/mol. The Labute approximate surface area is 305 Å². The van der Waals surface area contributed by atoms with Crippen LogP contribution in [0.2, 0.25) is 0 Å². The van der Waals surface area contributed by atoms with Crippen LogP contribution in [0.15, 0.2) is 133 Å². The highest BCUT2D eigenvalue weighted by Gasteiger charge is 2.39. The number of benzene rings is 5. The Morgan fingerprint density at radius 1 is 0.673 bits per heavy atom. The topological polar surface area (TPSA) is 95.5 Å². The molecule has 5 aromatic carbocycles. The number of urea groups is 1. The third kappa shape index (κ3) is 9.25. The second-order valence-electron chi connectivity index (χ2n) is 13.5. The molecular weight excluding hydrogens is 652 g/mol. The van der Waals surface area contributed by atoms with E-state index in [1.54, 1.807) is 12.1 Å². The lowest BCUT2D eigenvalue weighted by Gasteiger charge is -2.44. The number of aliphatic hydroxyl groups is 1. The number of nitrogens with zero attached hydrogens (tertiary/aromatic N) is 2. The first-order valence-electron chi connectivity index (χ1n) is 18.0. The second kappa shape index (κ2) is 17.0. The summed E-state index contributed by atoms with van der Waals surface area (Å²) in [6.45, 7) is 7.97. The van der Waals surface area contributed by atoms with E-state index in [0.717, 1.165) is 61.7 Å². The van der Waals surface area contributed by atoms with E-state index in [1.807, 2.05) is 91.0 Å². The first-order chi connectivity index (χ1) is 25.5. The summed E-state index contributed by atoms with van der Waals surface area (Å²) in [5.74, 6) is 1.53. The number of aliphatic hydroxyl groups excluding tert-OH is 1. The molecule has 52 heavy (non-hydrogen) atoms. The zero-order valence-electron chi connectivity index (χ0n) is 29.4. The van der Waals surface area contributed by atoms with Gasteiger partial charge in [0.2, 0.25) is 0 Å². The number of hydrogen-bond acceptors (Lipinski definition) is 7. The Morgan fingerprint density at radius 3 is 1.87 bits per heavy atom. The minimum absolute atomic E-state index is 0.000368. The maximum atomic E-state index is 12.8. The van der Waals surface area contributed by atoms with Crippen molar-refractivity contribution in [3.63, 3.8) is 0 Å². The fourth-order valence-corrected chi connectivity index (χ4v) is 6.80. The first kappa shape index (κ1) is 35.4. The average Bonchev–Trinajstić information content (AvgIpc) is 3.18. The molecule has 2 amide bonds. The summed E-state index contributed by atoms with van der Waals surface area (Å²) in [5, 5.41) is 15.4. The highest BCUT2D eigenvalue weighted by atomic mass is 16.7. The molecule has 0 spiro atoms. The minimum Gasteiger partial charge on any atom is -0.457 e. The van der Waals surface area contributed by atoms with Crippen molar-refractivity contribution in [1.29, 1.82) is 0 Å². The molecule has 2 saturated heterocycles. The minimum atomic E-state index is -0.581. The van der Waals surface area contributed by atoms with E-state index >= 15 is 0 Å². The van der Waals surface area contributed by atoms with Gasteiger partial charge in [-0.25, -0.2) is 4.79 Å². The Hall–Kier alpha value is -5.03. The van der Waals surface area contributed by atoms with Gasteiger partial charge in [0.1, 0.15) is 11.5 Å². The van der Waals surface area contributed by atoms with Crippen molar-refractivity contribution in [2.45, 2.75) is 38.6 Å². The molecule has 2 aliphatic rings. The molecule has 3 N–H and O–H groups in total. The average molecular weight is 699 g/mol. The number of para-hydroxylation sites is 1. The largest absolute Gasteiger partial charge is 0.457 e. The van der Waals surface area contributed by atoms with Gasteiger partial charge in [-0.15, -0.1) is 0 Å². The van der Waals surface area contributed by atoms with E-state index in [4.69, 9.17) is 14.2 Å². The van der Waals surface area contributed by atoms with E-state index in [9.17, 15) is 9.90 Å². The third-order valence-corrected chi connectivity index (χ3v) is 9.81. The summed E-state index contributed by atoms with van der Waals surface area (Å²) in [7, 11) is 0. The van der Waals surface area contributed by atoms with Crippen LogP contribution in [-0.4, -0.2) is 59.8 Å². The molecule has 0 bridgehead atoms. The van der Waals surface area contributed by atoms with Crippen molar-refractivity contribution in [3.8, 4) is 11.5 Å². The maximum Gasteiger partial charge on any atom is 0.323 e. The number of carbonyl (C=O) groups excluding carboxylic acids is 1. The zero-order chi connectivity index (χ0) is 35.7. The molecule has 2 heterocycles. The molecule has 9 nitrogen and oxygen atoms in total. The molecule has 2 aliphatic heterocycles. The number of ether oxygens (including phenoxy) is 3. The van der Waals surface area contributed by atoms with E-state index < -0.39 is 6.29 Å². The highest BCUT2D eigenvalue weighted by molar-refractivity contribution is 5.99. The van der Waals surface area contributed by atoms with Crippen molar-refractivity contribution >= 4 is 17.4 Å². The van der Waals surface area contributed by atoms with Gasteiger partial charge in [0.15, 0.2) is 6.29 Å². The van der Waals surface area contributed by atoms with Gasteiger partial charge in [-0.1, -0.05) is 91.9 Å². The zero-order valence-corrected chi connectivity index (χ0v) is 29.4. The molecule has 0 radical (unpaired) electrons. The molecule has 0 saturated carbocycles. The van der Waals surface area contributed by atoms with Crippen molar-refractivity contribution in [2.75, 3.05) is 43.4 Å². The van der Waals surface area contributed by atoms with Gasteiger partial charge in [-0.05, 0) is 65.2 Å². The van der Waals surface area contributed by atoms with Crippen LogP contribution in [0.25, 0.3) is 0 Å². The molecule has 7 rings (SSSR count). The van der Waals surface area contributed by atoms with Gasteiger partial charge in [0.05, 0.1) is 18.8 Å². The lowest BCUT2D eigenvalue weighted by Crippen LogP contribution is -2.51. The van der Waals surface area contributed by atoms with Crippen LogP contribution >= 0.6 is 0 Å². The summed E-state index contributed by atoms with van der Waals surface area (Å²) in [5.41, 5.74) is 5.44. The number of carbonyl (C=O) groups is 1. The van der Waals surface area contributed by atoms with Crippen LogP contribution in [0.5, 0.6) is 11.5 Å². The van der Waals surface area contributed by atoms with Crippen molar-refractivity contribution in [3.05, 3.63) is 156 Å².